The number of rotatable bonds is 3. The van der Waals surface area contributed by atoms with Gasteiger partial charge in [0.2, 0.25) is 0 Å². The van der Waals surface area contributed by atoms with Crippen molar-refractivity contribution >= 4 is 23.0 Å². The summed E-state index contributed by atoms with van der Waals surface area (Å²) in [7, 11) is 0. The van der Waals surface area contributed by atoms with Crippen molar-refractivity contribution in [1.29, 1.82) is 0 Å². The van der Waals surface area contributed by atoms with E-state index in [-0.39, 0.29) is 5.82 Å². The normalized spacial score (nSPS) is 17.3. The molecule has 0 spiro atoms. The van der Waals surface area contributed by atoms with E-state index in [4.69, 9.17) is 15.2 Å². The summed E-state index contributed by atoms with van der Waals surface area (Å²) < 4.78 is 10.7. The van der Waals surface area contributed by atoms with Crippen LogP contribution in [0.3, 0.4) is 0 Å². The summed E-state index contributed by atoms with van der Waals surface area (Å²) in [6.45, 7) is 6.80. The lowest BCUT2D eigenvalue weighted by Gasteiger charge is -2.21. The highest BCUT2D eigenvalue weighted by atomic mass is 16.6. The van der Waals surface area contributed by atoms with Crippen LogP contribution in [0.2, 0.25) is 0 Å². The first-order chi connectivity index (χ1) is 14.6. The molecule has 2 aliphatic heterocycles. The summed E-state index contributed by atoms with van der Waals surface area (Å²) in [4.78, 5) is 22.3. The summed E-state index contributed by atoms with van der Waals surface area (Å²) in [6, 6.07) is 7.01. The maximum absolute atomic E-state index is 10.5. The lowest BCUT2D eigenvalue weighted by molar-refractivity contribution is -0.389. The van der Waals surface area contributed by atoms with Gasteiger partial charge < -0.3 is 35.1 Å². The van der Waals surface area contributed by atoms with Crippen LogP contribution >= 0.6 is 0 Å². The maximum atomic E-state index is 10.5. The molecule has 162 valence electrons. The van der Waals surface area contributed by atoms with Gasteiger partial charge in [-0.2, -0.15) is 0 Å². The molecule has 10 nitrogen and oxygen atoms in total. The van der Waals surface area contributed by atoms with E-state index < -0.39 is 4.92 Å². The van der Waals surface area contributed by atoms with Gasteiger partial charge in [-0.1, -0.05) is 0 Å². The first kappa shape index (κ1) is 21.7. The molecule has 0 amide bonds. The molecule has 2 aliphatic rings. The number of ether oxygens (including phenoxy) is 2. The number of hydrogen-bond acceptors (Lipinski definition) is 9. The molecule has 0 radical (unpaired) electrons. The number of pyridine rings is 2. The minimum Gasteiger partial charge on any atom is -0.384 e. The average molecular weight is 416 g/mol. The fraction of sp³-hybridized carbons (Fsp3) is 0.500. The van der Waals surface area contributed by atoms with Crippen molar-refractivity contribution < 1.29 is 14.4 Å². The molecular weight excluding hydrogens is 388 g/mol. The molecule has 4 heterocycles. The van der Waals surface area contributed by atoms with Crippen LogP contribution in [0.4, 0.5) is 23.0 Å². The van der Waals surface area contributed by atoms with Gasteiger partial charge in [0.05, 0.1) is 30.8 Å². The fourth-order valence-electron chi connectivity index (χ4n) is 3.27. The first-order valence-corrected chi connectivity index (χ1v) is 10.1. The van der Waals surface area contributed by atoms with Crippen LogP contribution in [-0.2, 0) is 9.47 Å². The number of nitro groups is 1. The predicted octanol–water partition coefficient (Wildman–Crippen LogP) is 2.11. The lowest BCUT2D eigenvalue weighted by atomic mass is 10.3. The monoisotopic (exact) mass is 416 g/mol. The summed E-state index contributed by atoms with van der Waals surface area (Å²) in [6.07, 6.45) is 5.41. The Kier molecular flexibility index (Phi) is 8.16. The fourth-order valence-corrected chi connectivity index (χ4v) is 3.27. The van der Waals surface area contributed by atoms with E-state index in [0.717, 1.165) is 70.2 Å². The van der Waals surface area contributed by atoms with Crippen molar-refractivity contribution in [2.75, 3.05) is 68.1 Å². The molecule has 2 aromatic heterocycles. The number of nitrogens with two attached hydrogens (primary N) is 1. The third kappa shape index (κ3) is 6.53. The second-order valence-electron chi connectivity index (χ2n) is 6.98. The number of aromatic nitrogens is 2. The van der Waals surface area contributed by atoms with E-state index in [9.17, 15) is 10.1 Å². The first-order valence-electron chi connectivity index (χ1n) is 10.1. The van der Waals surface area contributed by atoms with Crippen molar-refractivity contribution in [1.82, 2.24) is 9.97 Å². The second kappa shape index (κ2) is 11.3. The van der Waals surface area contributed by atoms with Crippen LogP contribution in [0, 0.1) is 10.1 Å². The predicted molar refractivity (Wildman–Crippen MR) is 115 cm³/mol. The molecule has 0 atom stereocenters. The van der Waals surface area contributed by atoms with E-state index in [2.05, 4.69) is 19.8 Å². The Morgan fingerprint density at radius 3 is 1.87 bits per heavy atom. The number of nitrogen functional groups attached to an aromatic ring is 1. The standard InChI is InChI=1S/C10H13N3O3.C10H15N3O/c14-13(15)10-3-2-9(8-11-10)12-4-1-6-16-7-5-12;11-10-3-2-9(8-12-10)13-4-1-6-14-7-5-13/h2-3,8H,1,4-7H2;2-3,8H,1,4-7H2,(H2,11,12). The zero-order chi connectivity index (χ0) is 21.2. The Bertz CT molecular complexity index is 771. The van der Waals surface area contributed by atoms with E-state index >= 15 is 0 Å². The molecule has 2 saturated heterocycles. The average Bonchev–Trinajstić information content (AvgIpc) is 3.20. The third-order valence-electron chi connectivity index (χ3n) is 4.86. The van der Waals surface area contributed by atoms with Crippen LogP contribution in [0.5, 0.6) is 0 Å². The van der Waals surface area contributed by atoms with Gasteiger partial charge in [-0.05, 0) is 40.9 Å². The Morgan fingerprint density at radius 2 is 1.40 bits per heavy atom. The van der Waals surface area contributed by atoms with Crippen LogP contribution in [0.1, 0.15) is 12.8 Å². The van der Waals surface area contributed by atoms with Crippen molar-refractivity contribution in [3.05, 3.63) is 46.8 Å². The van der Waals surface area contributed by atoms with Crippen molar-refractivity contribution in [2.24, 2.45) is 0 Å². The minimum atomic E-state index is -0.491. The molecule has 2 fully saturated rings. The largest absolute Gasteiger partial charge is 0.384 e. The van der Waals surface area contributed by atoms with Crippen molar-refractivity contribution in [2.45, 2.75) is 12.8 Å². The highest BCUT2D eigenvalue weighted by Gasteiger charge is 2.13. The van der Waals surface area contributed by atoms with E-state index in [1.54, 1.807) is 12.3 Å². The third-order valence-corrected chi connectivity index (χ3v) is 4.86. The van der Waals surface area contributed by atoms with Gasteiger partial charge in [0.15, 0.2) is 6.20 Å². The number of hydrogen-bond donors (Lipinski definition) is 1. The van der Waals surface area contributed by atoms with Crippen LogP contribution in [-0.4, -0.2) is 67.5 Å². The topological polar surface area (TPSA) is 120 Å². The summed E-state index contributed by atoms with van der Waals surface area (Å²) >= 11 is 0. The van der Waals surface area contributed by atoms with Gasteiger partial charge in [-0.25, -0.2) is 4.98 Å². The molecule has 4 rings (SSSR count). The molecule has 10 heteroatoms. The smallest absolute Gasteiger partial charge is 0.363 e. The van der Waals surface area contributed by atoms with Crippen LogP contribution in [0.25, 0.3) is 0 Å². The van der Waals surface area contributed by atoms with Crippen molar-refractivity contribution in [3.8, 4) is 0 Å². The van der Waals surface area contributed by atoms with Crippen LogP contribution < -0.4 is 15.5 Å². The molecule has 0 aromatic carbocycles. The molecular formula is C20H28N6O4. The summed E-state index contributed by atoms with van der Waals surface area (Å²) in [5.41, 5.74) is 7.58. The molecule has 2 aromatic rings. The molecule has 0 aliphatic carbocycles. The Labute approximate surface area is 175 Å². The Morgan fingerprint density at radius 1 is 0.833 bits per heavy atom. The van der Waals surface area contributed by atoms with Gasteiger partial charge >= 0.3 is 5.82 Å². The van der Waals surface area contributed by atoms with Gasteiger partial charge in [-0.15, -0.1) is 0 Å². The zero-order valence-corrected chi connectivity index (χ0v) is 17.0. The number of nitrogens with zero attached hydrogens (tertiary/aromatic N) is 5. The Hall–Kier alpha value is -2.98. The van der Waals surface area contributed by atoms with E-state index in [1.165, 1.54) is 6.07 Å². The lowest BCUT2D eigenvalue weighted by Crippen LogP contribution is -2.25. The molecule has 0 unspecified atom stereocenters. The zero-order valence-electron chi connectivity index (χ0n) is 17.0. The van der Waals surface area contributed by atoms with Gasteiger partial charge in [0, 0.05) is 45.5 Å². The van der Waals surface area contributed by atoms with Crippen molar-refractivity contribution in [3.63, 3.8) is 0 Å². The minimum absolute atomic E-state index is 0.116. The SMILES string of the molecule is Nc1ccc(N2CCCOCC2)cn1.O=[N+]([O-])c1ccc(N2CCCOCC2)cn1. The second-order valence-corrected chi connectivity index (χ2v) is 6.98. The van der Waals surface area contributed by atoms with Gasteiger partial charge in [0.1, 0.15) is 5.82 Å². The Balaban J connectivity index is 0.000000172. The summed E-state index contributed by atoms with van der Waals surface area (Å²) in [5, 5.41) is 10.5. The van der Waals surface area contributed by atoms with Crippen LogP contribution in [0.15, 0.2) is 36.7 Å². The maximum Gasteiger partial charge on any atom is 0.363 e. The highest BCUT2D eigenvalue weighted by molar-refractivity contribution is 5.48. The summed E-state index contributed by atoms with van der Waals surface area (Å²) in [5.74, 6) is 0.453. The van der Waals surface area contributed by atoms with E-state index in [0.29, 0.717) is 12.4 Å². The molecule has 0 bridgehead atoms. The molecule has 0 saturated carbocycles. The van der Waals surface area contributed by atoms with Gasteiger partial charge in [-0.3, -0.25) is 0 Å². The van der Waals surface area contributed by atoms with Gasteiger partial charge in [0.25, 0.3) is 0 Å². The quantitative estimate of drug-likeness (QED) is 0.592. The number of anilines is 3. The molecule has 2 N–H and O–H groups in total. The molecule has 30 heavy (non-hydrogen) atoms. The highest BCUT2D eigenvalue weighted by Crippen LogP contribution is 2.17. The van der Waals surface area contributed by atoms with E-state index in [1.807, 2.05) is 18.3 Å².